The number of hydrogen-bond acceptors (Lipinski definition) is 6. The van der Waals surface area contributed by atoms with Gasteiger partial charge in [-0.2, -0.15) is 0 Å². The number of esters is 1. The molecule has 2 aromatic rings. The summed E-state index contributed by atoms with van der Waals surface area (Å²) in [4.78, 5) is 34.0. The van der Waals surface area contributed by atoms with E-state index in [-0.39, 0.29) is 5.82 Å². The summed E-state index contributed by atoms with van der Waals surface area (Å²) in [5.74, 6) is -0.698. The standard InChI is InChI=1S/C10H10N4O3S/c1-5-6(9(16)17-2)18-10(13-5)14-8(15)7-11-3-4-12-7/h3-4H,1-2H3,(H,11,12)(H,13,14,15). The Labute approximate surface area is 106 Å². The maximum absolute atomic E-state index is 11.7. The number of hydrogen-bond donors (Lipinski definition) is 2. The maximum atomic E-state index is 11.7. The van der Waals surface area contributed by atoms with Gasteiger partial charge >= 0.3 is 5.97 Å². The number of thiazole rings is 1. The van der Waals surface area contributed by atoms with E-state index in [1.165, 1.54) is 13.3 Å². The number of imidazole rings is 1. The number of H-pyrrole nitrogens is 1. The number of amides is 1. The Bertz CT molecular complexity index is 576. The Morgan fingerprint density at radius 3 is 2.89 bits per heavy atom. The zero-order valence-electron chi connectivity index (χ0n) is 9.68. The van der Waals surface area contributed by atoms with Crippen LogP contribution in [0.3, 0.4) is 0 Å². The quantitative estimate of drug-likeness (QED) is 0.814. The number of aryl methyl sites for hydroxylation is 1. The minimum Gasteiger partial charge on any atom is -0.465 e. The number of aromatic amines is 1. The Balaban J connectivity index is 2.16. The Hall–Kier alpha value is -2.22. The highest BCUT2D eigenvalue weighted by Crippen LogP contribution is 2.23. The first-order valence-corrected chi connectivity index (χ1v) is 5.80. The van der Waals surface area contributed by atoms with Crippen LogP contribution in [-0.4, -0.2) is 33.9 Å². The van der Waals surface area contributed by atoms with Crippen molar-refractivity contribution in [2.75, 3.05) is 12.4 Å². The summed E-state index contributed by atoms with van der Waals surface area (Å²) in [6.07, 6.45) is 3.02. The molecule has 0 aromatic carbocycles. The molecule has 0 fully saturated rings. The molecule has 0 spiro atoms. The molecule has 0 aliphatic heterocycles. The van der Waals surface area contributed by atoms with Crippen LogP contribution in [0, 0.1) is 6.92 Å². The predicted molar refractivity (Wildman–Crippen MR) is 64.7 cm³/mol. The molecular formula is C10H10N4O3S. The minimum atomic E-state index is -0.469. The van der Waals surface area contributed by atoms with Crippen LogP contribution in [0.1, 0.15) is 26.0 Å². The first-order valence-electron chi connectivity index (χ1n) is 4.98. The number of anilines is 1. The number of carbonyl (C=O) groups is 2. The summed E-state index contributed by atoms with van der Waals surface area (Å²) >= 11 is 1.06. The van der Waals surface area contributed by atoms with E-state index in [2.05, 4.69) is 25.0 Å². The Morgan fingerprint density at radius 1 is 1.50 bits per heavy atom. The molecule has 2 heterocycles. The zero-order valence-corrected chi connectivity index (χ0v) is 10.5. The zero-order chi connectivity index (χ0) is 13.1. The fourth-order valence-corrected chi connectivity index (χ4v) is 2.16. The molecule has 0 saturated carbocycles. The smallest absolute Gasteiger partial charge is 0.350 e. The highest BCUT2D eigenvalue weighted by molar-refractivity contribution is 7.17. The fraction of sp³-hybridized carbons (Fsp3) is 0.200. The molecule has 0 radical (unpaired) electrons. The maximum Gasteiger partial charge on any atom is 0.350 e. The lowest BCUT2D eigenvalue weighted by molar-refractivity contribution is 0.0605. The van der Waals surface area contributed by atoms with Crippen molar-refractivity contribution in [1.82, 2.24) is 15.0 Å². The molecule has 2 aromatic heterocycles. The van der Waals surface area contributed by atoms with Crippen molar-refractivity contribution in [3.63, 3.8) is 0 Å². The van der Waals surface area contributed by atoms with Gasteiger partial charge in [0, 0.05) is 12.4 Å². The van der Waals surface area contributed by atoms with Crippen LogP contribution in [-0.2, 0) is 4.74 Å². The van der Waals surface area contributed by atoms with Crippen molar-refractivity contribution in [1.29, 1.82) is 0 Å². The Morgan fingerprint density at radius 2 is 2.28 bits per heavy atom. The van der Waals surface area contributed by atoms with Gasteiger partial charge in [-0.3, -0.25) is 10.1 Å². The van der Waals surface area contributed by atoms with Crippen LogP contribution in [0.5, 0.6) is 0 Å². The van der Waals surface area contributed by atoms with E-state index in [9.17, 15) is 9.59 Å². The first-order chi connectivity index (χ1) is 8.61. The topological polar surface area (TPSA) is 97.0 Å². The third kappa shape index (κ3) is 2.38. The summed E-state index contributed by atoms with van der Waals surface area (Å²) < 4.78 is 4.61. The summed E-state index contributed by atoms with van der Waals surface area (Å²) in [5.41, 5.74) is 0.515. The third-order valence-corrected chi connectivity index (χ3v) is 3.15. The highest BCUT2D eigenvalue weighted by atomic mass is 32.1. The van der Waals surface area contributed by atoms with Gasteiger partial charge in [-0.05, 0) is 6.92 Å². The van der Waals surface area contributed by atoms with Crippen molar-refractivity contribution in [2.45, 2.75) is 6.92 Å². The number of nitrogens with zero attached hydrogens (tertiary/aromatic N) is 2. The van der Waals surface area contributed by atoms with Gasteiger partial charge in [0.2, 0.25) is 0 Å². The molecule has 0 bridgehead atoms. The van der Waals surface area contributed by atoms with Crippen LogP contribution in [0.2, 0.25) is 0 Å². The average Bonchev–Trinajstić information content (AvgIpc) is 2.97. The number of ether oxygens (including phenoxy) is 1. The van der Waals surface area contributed by atoms with Gasteiger partial charge in [0.25, 0.3) is 5.91 Å². The lowest BCUT2D eigenvalue weighted by atomic mass is 10.4. The average molecular weight is 266 g/mol. The Kier molecular flexibility index (Phi) is 3.38. The van der Waals surface area contributed by atoms with Crippen molar-refractivity contribution in [3.8, 4) is 0 Å². The molecule has 1 amide bonds. The van der Waals surface area contributed by atoms with Crippen molar-refractivity contribution >= 4 is 28.3 Å². The number of aromatic nitrogens is 3. The predicted octanol–water partition coefficient (Wildman–Crippen LogP) is 1.21. The molecule has 8 heteroatoms. The van der Waals surface area contributed by atoms with Gasteiger partial charge in [0.1, 0.15) is 4.88 Å². The van der Waals surface area contributed by atoms with E-state index in [0.29, 0.717) is 15.7 Å². The van der Waals surface area contributed by atoms with Gasteiger partial charge in [-0.25, -0.2) is 14.8 Å². The summed E-state index contributed by atoms with van der Waals surface area (Å²) in [5, 5.41) is 2.88. The van der Waals surface area contributed by atoms with Gasteiger partial charge in [0.05, 0.1) is 12.8 Å². The van der Waals surface area contributed by atoms with Crippen LogP contribution in [0.4, 0.5) is 5.13 Å². The highest BCUT2D eigenvalue weighted by Gasteiger charge is 2.17. The van der Waals surface area contributed by atoms with Crippen LogP contribution in [0.25, 0.3) is 0 Å². The second-order valence-electron chi connectivity index (χ2n) is 3.32. The second kappa shape index (κ2) is 4.96. The van der Waals surface area contributed by atoms with Crippen molar-refractivity contribution in [3.05, 3.63) is 28.8 Å². The molecule has 94 valence electrons. The SMILES string of the molecule is COC(=O)c1sc(NC(=O)c2ncc[nH]2)nc1C. The van der Waals surface area contributed by atoms with E-state index in [1.54, 1.807) is 13.1 Å². The summed E-state index contributed by atoms with van der Waals surface area (Å²) in [6.45, 7) is 1.67. The fourth-order valence-electron chi connectivity index (χ4n) is 1.28. The molecule has 0 atom stereocenters. The van der Waals surface area contributed by atoms with E-state index in [0.717, 1.165) is 11.3 Å². The van der Waals surface area contributed by atoms with E-state index in [4.69, 9.17) is 0 Å². The van der Waals surface area contributed by atoms with E-state index >= 15 is 0 Å². The molecule has 0 aliphatic rings. The van der Waals surface area contributed by atoms with Gasteiger partial charge in [0.15, 0.2) is 11.0 Å². The molecule has 18 heavy (non-hydrogen) atoms. The van der Waals surface area contributed by atoms with E-state index < -0.39 is 11.9 Å². The number of carbonyl (C=O) groups excluding carboxylic acids is 2. The van der Waals surface area contributed by atoms with Crippen LogP contribution >= 0.6 is 11.3 Å². The third-order valence-electron chi connectivity index (χ3n) is 2.10. The molecule has 0 unspecified atom stereocenters. The largest absolute Gasteiger partial charge is 0.465 e. The normalized spacial score (nSPS) is 10.1. The molecule has 0 saturated heterocycles. The molecule has 2 rings (SSSR count). The van der Waals surface area contributed by atoms with Gasteiger partial charge in [-0.15, -0.1) is 0 Å². The summed E-state index contributed by atoms with van der Waals surface area (Å²) in [7, 11) is 1.29. The minimum absolute atomic E-state index is 0.183. The molecular weight excluding hydrogens is 256 g/mol. The second-order valence-corrected chi connectivity index (χ2v) is 4.32. The lowest BCUT2D eigenvalue weighted by Crippen LogP contribution is -2.13. The van der Waals surface area contributed by atoms with Gasteiger partial charge in [-0.1, -0.05) is 11.3 Å². The number of methoxy groups -OCH3 is 1. The lowest BCUT2D eigenvalue weighted by Gasteiger charge is -1.96. The number of nitrogens with one attached hydrogen (secondary N) is 2. The molecule has 0 aliphatic carbocycles. The molecule has 2 N–H and O–H groups in total. The van der Waals surface area contributed by atoms with Gasteiger partial charge < -0.3 is 9.72 Å². The molecule has 7 nitrogen and oxygen atoms in total. The first kappa shape index (κ1) is 12.2. The monoisotopic (exact) mass is 266 g/mol. The van der Waals surface area contributed by atoms with E-state index in [1.807, 2.05) is 0 Å². The van der Waals surface area contributed by atoms with Crippen LogP contribution < -0.4 is 5.32 Å². The van der Waals surface area contributed by atoms with Crippen molar-refractivity contribution in [2.24, 2.45) is 0 Å². The summed E-state index contributed by atoms with van der Waals surface area (Å²) in [6, 6.07) is 0. The number of rotatable bonds is 3. The van der Waals surface area contributed by atoms with Crippen molar-refractivity contribution < 1.29 is 14.3 Å². The van der Waals surface area contributed by atoms with Crippen LogP contribution in [0.15, 0.2) is 12.4 Å².